The first kappa shape index (κ1) is 21.3. The van der Waals surface area contributed by atoms with E-state index in [1.165, 1.54) is 18.4 Å². The molecule has 1 atom stereocenters. The highest BCUT2D eigenvalue weighted by molar-refractivity contribution is 5.27. The van der Waals surface area contributed by atoms with Crippen molar-refractivity contribution in [2.24, 2.45) is 5.41 Å². The fourth-order valence-corrected chi connectivity index (χ4v) is 4.90. The van der Waals surface area contributed by atoms with Crippen molar-refractivity contribution in [2.45, 2.75) is 58.4 Å². The number of nitrogens with zero attached hydrogens (tertiary/aromatic N) is 4. The predicted octanol–water partition coefficient (Wildman–Crippen LogP) is 3.66. The molecule has 1 aromatic heterocycles. The van der Waals surface area contributed by atoms with Gasteiger partial charge in [-0.15, -0.1) is 0 Å². The second kappa shape index (κ2) is 9.04. The molecule has 30 heavy (non-hydrogen) atoms. The fourth-order valence-electron chi connectivity index (χ4n) is 4.90. The van der Waals surface area contributed by atoms with Gasteiger partial charge in [0.2, 0.25) is 0 Å². The van der Waals surface area contributed by atoms with E-state index < -0.39 is 0 Å². The van der Waals surface area contributed by atoms with Crippen LogP contribution in [-0.2, 0) is 17.9 Å². The summed E-state index contributed by atoms with van der Waals surface area (Å²) in [6.45, 7) is 8.84. The van der Waals surface area contributed by atoms with E-state index in [0.29, 0.717) is 17.9 Å². The lowest BCUT2D eigenvalue weighted by atomic mass is 9.76. The Morgan fingerprint density at radius 3 is 2.60 bits per heavy atom. The van der Waals surface area contributed by atoms with Gasteiger partial charge in [-0.3, -0.25) is 9.80 Å². The first-order valence-corrected chi connectivity index (χ1v) is 11.0. The number of piperidine rings is 1. The van der Waals surface area contributed by atoms with E-state index in [1.807, 2.05) is 0 Å². The van der Waals surface area contributed by atoms with Crippen molar-refractivity contribution in [3.63, 3.8) is 0 Å². The molecule has 0 amide bonds. The molecule has 2 aliphatic heterocycles. The second-order valence-corrected chi connectivity index (χ2v) is 9.20. The molecule has 0 radical (unpaired) electrons. The van der Waals surface area contributed by atoms with E-state index in [2.05, 4.69) is 65.1 Å². The smallest absolute Gasteiger partial charge is 0.252 e. The van der Waals surface area contributed by atoms with Crippen molar-refractivity contribution in [1.29, 1.82) is 0 Å². The maximum atomic E-state index is 5.75. The van der Waals surface area contributed by atoms with Crippen LogP contribution < -0.4 is 4.74 Å². The molecule has 164 valence electrons. The minimum Gasteiger partial charge on any atom is -0.491 e. The van der Waals surface area contributed by atoms with Crippen LogP contribution in [0.5, 0.6) is 5.75 Å². The summed E-state index contributed by atoms with van der Waals surface area (Å²) in [6, 6.07) is 8.78. The Hall–Kier alpha value is -1.96. The van der Waals surface area contributed by atoms with E-state index in [0.717, 1.165) is 44.2 Å². The van der Waals surface area contributed by atoms with Gasteiger partial charge < -0.3 is 14.0 Å². The maximum absolute atomic E-state index is 5.75. The number of ether oxygens (including phenoxy) is 2. The molecule has 3 heterocycles. The Morgan fingerprint density at radius 2 is 1.93 bits per heavy atom. The number of rotatable bonds is 7. The fraction of sp³-hybridized carbons (Fsp3) is 0.652. The topological polar surface area (TPSA) is 63.9 Å². The van der Waals surface area contributed by atoms with Gasteiger partial charge in [0.25, 0.3) is 5.89 Å². The third-order valence-electron chi connectivity index (χ3n) is 6.41. The summed E-state index contributed by atoms with van der Waals surface area (Å²) in [5.41, 5.74) is 1.70. The Bertz CT molecular complexity index is 812. The van der Waals surface area contributed by atoms with Gasteiger partial charge in [-0.2, -0.15) is 4.98 Å². The van der Waals surface area contributed by atoms with Gasteiger partial charge in [0, 0.05) is 20.2 Å². The van der Waals surface area contributed by atoms with Gasteiger partial charge in [0.15, 0.2) is 5.82 Å². The summed E-state index contributed by atoms with van der Waals surface area (Å²) >= 11 is 0. The lowest BCUT2D eigenvalue weighted by Crippen LogP contribution is -2.40. The van der Waals surface area contributed by atoms with Gasteiger partial charge in [0.1, 0.15) is 12.4 Å². The average molecular weight is 415 g/mol. The highest BCUT2D eigenvalue weighted by atomic mass is 16.5. The first-order chi connectivity index (χ1) is 14.5. The van der Waals surface area contributed by atoms with Crippen LogP contribution >= 0.6 is 0 Å². The Balaban J connectivity index is 1.31. The highest BCUT2D eigenvalue weighted by Gasteiger charge is 2.46. The number of methoxy groups -OCH3 is 1. The predicted molar refractivity (Wildman–Crippen MR) is 114 cm³/mol. The largest absolute Gasteiger partial charge is 0.491 e. The summed E-state index contributed by atoms with van der Waals surface area (Å²) in [5.74, 6) is 2.30. The van der Waals surface area contributed by atoms with E-state index in [1.54, 1.807) is 7.11 Å². The summed E-state index contributed by atoms with van der Waals surface area (Å²) in [7, 11) is 3.82. The third-order valence-corrected chi connectivity index (χ3v) is 6.41. The summed E-state index contributed by atoms with van der Waals surface area (Å²) < 4.78 is 16.2. The quantitative estimate of drug-likeness (QED) is 0.685. The summed E-state index contributed by atoms with van der Waals surface area (Å²) in [5, 5.41) is 4.21. The van der Waals surface area contributed by atoms with Gasteiger partial charge in [-0.25, -0.2) is 0 Å². The van der Waals surface area contributed by atoms with Crippen LogP contribution in [0.25, 0.3) is 0 Å². The van der Waals surface area contributed by atoms with Crippen molar-refractivity contribution in [2.75, 3.05) is 33.8 Å². The van der Waals surface area contributed by atoms with Crippen molar-refractivity contribution in [3.05, 3.63) is 41.5 Å². The van der Waals surface area contributed by atoms with Gasteiger partial charge >= 0.3 is 0 Å². The second-order valence-electron chi connectivity index (χ2n) is 9.20. The van der Waals surface area contributed by atoms with Crippen molar-refractivity contribution in [1.82, 2.24) is 19.9 Å². The number of hydrogen-bond acceptors (Lipinski definition) is 7. The zero-order valence-electron chi connectivity index (χ0n) is 18.6. The molecule has 7 heteroatoms. The molecule has 2 fully saturated rings. The number of likely N-dealkylation sites (tertiary alicyclic amines) is 2. The van der Waals surface area contributed by atoms with Crippen molar-refractivity contribution >= 4 is 0 Å². The molecule has 4 rings (SSSR count). The molecule has 0 aliphatic carbocycles. The molecular formula is C23H34N4O3. The van der Waals surface area contributed by atoms with Crippen LogP contribution in [0.4, 0.5) is 0 Å². The molecule has 1 unspecified atom stereocenters. The van der Waals surface area contributed by atoms with E-state index in [-0.39, 0.29) is 12.1 Å². The monoisotopic (exact) mass is 414 g/mol. The average Bonchev–Trinajstić information content (AvgIpc) is 3.30. The third kappa shape index (κ3) is 4.85. The van der Waals surface area contributed by atoms with Crippen LogP contribution in [0.3, 0.4) is 0 Å². The zero-order chi connectivity index (χ0) is 21.1. The van der Waals surface area contributed by atoms with Gasteiger partial charge in [-0.1, -0.05) is 17.3 Å². The Morgan fingerprint density at radius 1 is 1.20 bits per heavy atom. The Labute approximate surface area is 179 Å². The summed E-state index contributed by atoms with van der Waals surface area (Å²) in [6.07, 6.45) is 3.74. The van der Waals surface area contributed by atoms with Gasteiger partial charge in [0.05, 0.1) is 12.1 Å². The molecular weight excluding hydrogens is 380 g/mol. The van der Waals surface area contributed by atoms with E-state index in [4.69, 9.17) is 14.0 Å². The standard InChI is InChI=1S/C23H34N4O3/c1-17(2)29-19-7-5-18(6-8-19)14-27-11-9-23(10-12-27)13-20(26(3)16-23)22-24-21(15-28-4)30-25-22/h5-8,17,20H,9-16H2,1-4H3. The van der Waals surface area contributed by atoms with E-state index in [9.17, 15) is 0 Å². The Kier molecular flexibility index (Phi) is 6.41. The first-order valence-electron chi connectivity index (χ1n) is 11.0. The molecule has 1 spiro atoms. The molecule has 0 bridgehead atoms. The van der Waals surface area contributed by atoms with Crippen LogP contribution in [-0.4, -0.2) is 59.8 Å². The van der Waals surface area contributed by atoms with Crippen LogP contribution in [0.1, 0.15) is 56.4 Å². The van der Waals surface area contributed by atoms with Crippen molar-refractivity contribution < 1.29 is 14.0 Å². The lowest BCUT2D eigenvalue weighted by Gasteiger charge is -2.39. The number of aromatic nitrogens is 2. The molecule has 2 saturated heterocycles. The van der Waals surface area contributed by atoms with Crippen LogP contribution in [0, 0.1) is 5.41 Å². The molecule has 7 nitrogen and oxygen atoms in total. The zero-order valence-corrected chi connectivity index (χ0v) is 18.6. The lowest BCUT2D eigenvalue weighted by molar-refractivity contribution is 0.105. The summed E-state index contributed by atoms with van der Waals surface area (Å²) in [4.78, 5) is 9.51. The van der Waals surface area contributed by atoms with Crippen LogP contribution in [0.2, 0.25) is 0 Å². The number of benzene rings is 1. The molecule has 2 aromatic rings. The molecule has 1 aromatic carbocycles. The molecule has 0 N–H and O–H groups in total. The molecule has 0 saturated carbocycles. The normalized spacial score (nSPS) is 22.2. The van der Waals surface area contributed by atoms with E-state index >= 15 is 0 Å². The van der Waals surface area contributed by atoms with Gasteiger partial charge in [-0.05, 0) is 76.4 Å². The highest BCUT2D eigenvalue weighted by Crippen LogP contribution is 2.47. The molecule has 2 aliphatic rings. The van der Waals surface area contributed by atoms with Crippen LogP contribution in [0.15, 0.2) is 28.8 Å². The van der Waals surface area contributed by atoms with Crippen molar-refractivity contribution in [3.8, 4) is 5.75 Å². The number of hydrogen-bond donors (Lipinski definition) is 0. The maximum Gasteiger partial charge on any atom is 0.252 e. The minimum absolute atomic E-state index is 0.210. The SMILES string of the molecule is COCc1nc(C2CC3(CCN(Cc4ccc(OC(C)C)cc4)CC3)CN2C)no1. The minimum atomic E-state index is 0.210.